The lowest BCUT2D eigenvalue weighted by Gasteiger charge is -2.10. The number of carbonyl (C=O) groups is 1. The summed E-state index contributed by atoms with van der Waals surface area (Å²) in [6, 6.07) is 3.20. The fourth-order valence-electron chi connectivity index (χ4n) is 1.11. The zero-order valence-electron chi connectivity index (χ0n) is 8.86. The summed E-state index contributed by atoms with van der Waals surface area (Å²) in [6.07, 6.45) is -0.297. The first kappa shape index (κ1) is 11.7. The largest absolute Gasteiger partial charge is 0.454 e. The molecule has 5 nitrogen and oxygen atoms in total. The molecule has 0 radical (unpaired) electrons. The second-order valence-electron chi connectivity index (χ2n) is 3.14. The van der Waals surface area contributed by atoms with E-state index in [1.807, 2.05) is 0 Å². The summed E-state index contributed by atoms with van der Waals surface area (Å²) in [5.74, 6) is 0.221. The van der Waals surface area contributed by atoms with Gasteiger partial charge in [0.2, 0.25) is 5.76 Å². The summed E-state index contributed by atoms with van der Waals surface area (Å²) in [4.78, 5) is 11.4. The molecule has 0 aliphatic heterocycles. The predicted octanol–water partition coefficient (Wildman–Crippen LogP) is 0.930. The molecule has 2 N–H and O–H groups in total. The van der Waals surface area contributed by atoms with Crippen molar-refractivity contribution >= 4 is 5.97 Å². The average Bonchev–Trinajstić information content (AvgIpc) is 2.66. The van der Waals surface area contributed by atoms with Gasteiger partial charge in [0.05, 0.1) is 13.2 Å². The summed E-state index contributed by atoms with van der Waals surface area (Å²) in [7, 11) is 1.55. The Hall–Kier alpha value is -1.33. The number of carbonyl (C=O) groups excluding carboxylic acids is 1. The fourth-order valence-corrected chi connectivity index (χ4v) is 1.11. The summed E-state index contributed by atoms with van der Waals surface area (Å²) in [5.41, 5.74) is 5.35. The standard InChI is InChI=1S/C10H15NO4/c1-7(6-13-2)14-10(12)9-4-3-8(5-11)15-9/h3-4,7H,5-6,11H2,1-2H3. The van der Waals surface area contributed by atoms with Crippen LogP contribution in [0, 0.1) is 0 Å². The zero-order valence-corrected chi connectivity index (χ0v) is 8.86. The van der Waals surface area contributed by atoms with E-state index < -0.39 is 5.97 Å². The van der Waals surface area contributed by atoms with Gasteiger partial charge in [0.15, 0.2) is 0 Å². The Morgan fingerprint density at radius 3 is 2.87 bits per heavy atom. The van der Waals surface area contributed by atoms with Gasteiger partial charge in [-0.2, -0.15) is 0 Å². The average molecular weight is 213 g/mol. The van der Waals surface area contributed by atoms with Crippen LogP contribution in [0.2, 0.25) is 0 Å². The van der Waals surface area contributed by atoms with Gasteiger partial charge in [-0.3, -0.25) is 0 Å². The van der Waals surface area contributed by atoms with E-state index in [1.54, 1.807) is 26.2 Å². The maximum absolute atomic E-state index is 11.4. The van der Waals surface area contributed by atoms with Crippen molar-refractivity contribution in [2.24, 2.45) is 5.73 Å². The Bertz CT molecular complexity index is 321. The molecule has 1 unspecified atom stereocenters. The van der Waals surface area contributed by atoms with Gasteiger partial charge in [0.1, 0.15) is 11.9 Å². The Balaban J connectivity index is 2.53. The molecular formula is C10H15NO4. The van der Waals surface area contributed by atoms with Crippen molar-refractivity contribution in [3.8, 4) is 0 Å². The van der Waals surface area contributed by atoms with Crippen molar-refractivity contribution in [1.82, 2.24) is 0 Å². The van der Waals surface area contributed by atoms with E-state index in [2.05, 4.69) is 0 Å². The van der Waals surface area contributed by atoms with Gasteiger partial charge in [0, 0.05) is 7.11 Å². The third-order valence-corrected chi connectivity index (χ3v) is 1.77. The van der Waals surface area contributed by atoms with Gasteiger partial charge in [-0.15, -0.1) is 0 Å². The summed E-state index contributed by atoms with van der Waals surface area (Å²) in [5, 5.41) is 0. The van der Waals surface area contributed by atoms with Crippen LogP contribution < -0.4 is 5.73 Å². The number of esters is 1. The van der Waals surface area contributed by atoms with E-state index >= 15 is 0 Å². The van der Waals surface area contributed by atoms with E-state index in [0.29, 0.717) is 12.4 Å². The molecule has 1 heterocycles. The molecule has 84 valence electrons. The van der Waals surface area contributed by atoms with Gasteiger partial charge in [-0.25, -0.2) is 4.79 Å². The molecule has 1 aromatic heterocycles. The monoisotopic (exact) mass is 213 g/mol. The molecule has 0 aromatic carbocycles. The topological polar surface area (TPSA) is 74.7 Å². The van der Waals surface area contributed by atoms with Gasteiger partial charge >= 0.3 is 5.97 Å². The predicted molar refractivity (Wildman–Crippen MR) is 53.4 cm³/mol. The Morgan fingerprint density at radius 2 is 2.33 bits per heavy atom. The summed E-state index contributed by atoms with van der Waals surface area (Å²) >= 11 is 0. The molecule has 5 heteroatoms. The summed E-state index contributed by atoms with van der Waals surface area (Å²) < 4.78 is 15.0. The first-order valence-corrected chi connectivity index (χ1v) is 4.66. The van der Waals surface area contributed by atoms with Crippen LogP contribution in [0.3, 0.4) is 0 Å². The van der Waals surface area contributed by atoms with Crippen LogP contribution in [0.15, 0.2) is 16.5 Å². The van der Waals surface area contributed by atoms with Crippen LogP contribution in [-0.2, 0) is 16.0 Å². The molecule has 1 aromatic rings. The normalized spacial score (nSPS) is 12.5. The number of hydrogen-bond donors (Lipinski definition) is 1. The van der Waals surface area contributed by atoms with Crippen molar-refractivity contribution in [2.75, 3.05) is 13.7 Å². The van der Waals surface area contributed by atoms with E-state index in [-0.39, 0.29) is 18.4 Å². The fraction of sp³-hybridized carbons (Fsp3) is 0.500. The van der Waals surface area contributed by atoms with Crippen molar-refractivity contribution in [3.05, 3.63) is 23.7 Å². The minimum absolute atomic E-state index is 0.165. The highest BCUT2D eigenvalue weighted by atomic mass is 16.6. The molecular weight excluding hydrogens is 198 g/mol. The smallest absolute Gasteiger partial charge is 0.374 e. The van der Waals surface area contributed by atoms with Gasteiger partial charge in [-0.05, 0) is 19.1 Å². The van der Waals surface area contributed by atoms with Crippen LogP contribution in [-0.4, -0.2) is 25.8 Å². The lowest BCUT2D eigenvalue weighted by atomic mass is 10.4. The van der Waals surface area contributed by atoms with Crippen LogP contribution in [0.25, 0.3) is 0 Å². The van der Waals surface area contributed by atoms with Gasteiger partial charge < -0.3 is 19.6 Å². The minimum Gasteiger partial charge on any atom is -0.454 e. The number of furan rings is 1. The highest BCUT2D eigenvalue weighted by Gasteiger charge is 2.15. The lowest BCUT2D eigenvalue weighted by molar-refractivity contribution is 0.00891. The molecule has 1 rings (SSSR count). The van der Waals surface area contributed by atoms with Crippen molar-refractivity contribution in [3.63, 3.8) is 0 Å². The number of hydrogen-bond acceptors (Lipinski definition) is 5. The lowest BCUT2D eigenvalue weighted by Crippen LogP contribution is -2.19. The number of methoxy groups -OCH3 is 1. The molecule has 0 saturated carbocycles. The quantitative estimate of drug-likeness (QED) is 0.736. The number of rotatable bonds is 5. The van der Waals surface area contributed by atoms with Gasteiger partial charge in [0.25, 0.3) is 0 Å². The Kier molecular flexibility index (Phi) is 4.33. The van der Waals surface area contributed by atoms with Gasteiger partial charge in [-0.1, -0.05) is 0 Å². The molecule has 1 atom stereocenters. The second-order valence-corrected chi connectivity index (χ2v) is 3.14. The third-order valence-electron chi connectivity index (χ3n) is 1.77. The molecule has 0 saturated heterocycles. The number of nitrogens with two attached hydrogens (primary N) is 1. The molecule has 0 aliphatic rings. The minimum atomic E-state index is -0.501. The van der Waals surface area contributed by atoms with E-state index in [9.17, 15) is 4.79 Å². The second kappa shape index (κ2) is 5.53. The molecule has 0 bridgehead atoms. The Morgan fingerprint density at radius 1 is 1.60 bits per heavy atom. The van der Waals surface area contributed by atoms with Crippen molar-refractivity contribution in [2.45, 2.75) is 19.6 Å². The molecule has 15 heavy (non-hydrogen) atoms. The SMILES string of the molecule is COCC(C)OC(=O)c1ccc(CN)o1. The highest BCUT2D eigenvalue weighted by molar-refractivity contribution is 5.86. The summed E-state index contributed by atoms with van der Waals surface area (Å²) in [6.45, 7) is 2.37. The Labute approximate surface area is 88.1 Å². The molecule has 0 spiro atoms. The van der Waals surface area contributed by atoms with E-state index in [1.165, 1.54) is 0 Å². The van der Waals surface area contributed by atoms with Crippen molar-refractivity contribution in [1.29, 1.82) is 0 Å². The van der Waals surface area contributed by atoms with Crippen LogP contribution in [0.5, 0.6) is 0 Å². The van der Waals surface area contributed by atoms with E-state index in [4.69, 9.17) is 19.6 Å². The van der Waals surface area contributed by atoms with Crippen LogP contribution in [0.1, 0.15) is 23.2 Å². The zero-order chi connectivity index (χ0) is 11.3. The first-order valence-electron chi connectivity index (χ1n) is 4.66. The maximum atomic E-state index is 11.4. The highest BCUT2D eigenvalue weighted by Crippen LogP contribution is 2.09. The molecule has 0 fully saturated rings. The van der Waals surface area contributed by atoms with Crippen molar-refractivity contribution < 1.29 is 18.7 Å². The third kappa shape index (κ3) is 3.38. The maximum Gasteiger partial charge on any atom is 0.374 e. The first-order chi connectivity index (χ1) is 7.17. The molecule has 0 aliphatic carbocycles. The number of ether oxygens (including phenoxy) is 2. The van der Waals surface area contributed by atoms with Crippen LogP contribution in [0.4, 0.5) is 0 Å². The van der Waals surface area contributed by atoms with E-state index in [0.717, 1.165) is 0 Å². The molecule has 0 amide bonds. The van der Waals surface area contributed by atoms with Crippen LogP contribution >= 0.6 is 0 Å².